The van der Waals surface area contributed by atoms with Gasteiger partial charge in [-0.25, -0.2) is 4.98 Å². The number of nitrogens with two attached hydrogens (primary N) is 1. The fourth-order valence-electron chi connectivity index (χ4n) is 2.44. The van der Waals surface area contributed by atoms with E-state index in [4.69, 9.17) is 5.73 Å². The third-order valence-corrected chi connectivity index (χ3v) is 3.33. The van der Waals surface area contributed by atoms with Crippen molar-refractivity contribution in [3.8, 4) is 11.3 Å². The van der Waals surface area contributed by atoms with Gasteiger partial charge < -0.3 is 11.1 Å². The minimum atomic E-state index is -0.106. The average Bonchev–Trinajstić information content (AvgIpc) is 2.77. The lowest BCUT2D eigenvalue weighted by molar-refractivity contribution is -0.114. The van der Waals surface area contributed by atoms with Crippen molar-refractivity contribution in [3.05, 3.63) is 48.2 Å². The summed E-state index contributed by atoms with van der Waals surface area (Å²) in [6.45, 7) is 3.47. The van der Waals surface area contributed by atoms with E-state index in [1.165, 1.54) is 6.92 Å². The molecule has 0 bridgehead atoms. The number of amides is 1. The molecule has 3 N–H and O–H groups in total. The summed E-state index contributed by atoms with van der Waals surface area (Å²) in [5, 5.41) is 2.77. The Morgan fingerprint density at radius 2 is 2.00 bits per heavy atom. The number of anilines is 2. The number of hydrogen-bond donors (Lipinski definition) is 2. The second-order valence-electron chi connectivity index (χ2n) is 4.97. The van der Waals surface area contributed by atoms with Crippen molar-refractivity contribution >= 4 is 23.1 Å². The summed E-state index contributed by atoms with van der Waals surface area (Å²) < 4.78 is 1.92. The SMILES string of the molecule is CC(=O)Nc1cccc(-c2nc3cccc(C)n3c2N)c1. The Morgan fingerprint density at radius 1 is 1.24 bits per heavy atom. The fourth-order valence-corrected chi connectivity index (χ4v) is 2.44. The van der Waals surface area contributed by atoms with Crippen molar-refractivity contribution in [1.29, 1.82) is 0 Å². The molecule has 0 saturated carbocycles. The molecule has 2 heterocycles. The topological polar surface area (TPSA) is 72.4 Å². The van der Waals surface area contributed by atoms with E-state index >= 15 is 0 Å². The number of imidazole rings is 1. The maximum absolute atomic E-state index is 11.2. The first kappa shape index (κ1) is 13.2. The standard InChI is InChI=1S/C16H16N4O/c1-10-5-3-8-14-19-15(16(17)20(10)14)12-6-4-7-13(9-12)18-11(2)21/h3-9H,17H2,1-2H3,(H,18,21). The molecule has 21 heavy (non-hydrogen) atoms. The van der Waals surface area contributed by atoms with Gasteiger partial charge in [0.1, 0.15) is 17.2 Å². The average molecular weight is 280 g/mol. The van der Waals surface area contributed by atoms with Crippen LogP contribution in [0.3, 0.4) is 0 Å². The van der Waals surface area contributed by atoms with Crippen molar-refractivity contribution in [3.63, 3.8) is 0 Å². The fraction of sp³-hybridized carbons (Fsp3) is 0.125. The first-order valence-electron chi connectivity index (χ1n) is 6.68. The monoisotopic (exact) mass is 280 g/mol. The Kier molecular flexibility index (Phi) is 3.10. The van der Waals surface area contributed by atoms with Crippen LogP contribution < -0.4 is 11.1 Å². The summed E-state index contributed by atoms with van der Waals surface area (Å²) in [4.78, 5) is 15.7. The highest BCUT2D eigenvalue weighted by atomic mass is 16.1. The van der Waals surface area contributed by atoms with Crippen LogP contribution in [0, 0.1) is 6.92 Å². The number of nitrogens with zero attached hydrogens (tertiary/aromatic N) is 2. The molecule has 0 atom stereocenters. The molecule has 3 aromatic rings. The predicted molar refractivity (Wildman–Crippen MR) is 84.1 cm³/mol. The lowest BCUT2D eigenvalue weighted by atomic mass is 10.1. The number of benzene rings is 1. The number of nitrogens with one attached hydrogen (secondary N) is 1. The minimum absolute atomic E-state index is 0.106. The van der Waals surface area contributed by atoms with Crippen LogP contribution in [0.1, 0.15) is 12.6 Å². The third kappa shape index (κ3) is 2.33. The number of aromatic nitrogens is 2. The highest BCUT2D eigenvalue weighted by molar-refractivity contribution is 5.90. The number of fused-ring (bicyclic) bond motifs is 1. The number of carbonyl (C=O) groups is 1. The normalized spacial score (nSPS) is 10.8. The Morgan fingerprint density at radius 3 is 2.71 bits per heavy atom. The van der Waals surface area contributed by atoms with Crippen LogP contribution in [0.4, 0.5) is 11.5 Å². The van der Waals surface area contributed by atoms with Gasteiger partial charge in [0.05, 0.1) is 0 Å². The molecule has 0 aliphatic heterocycles. The number of nitrogen functional groups attached to an aromatic ring is 1. The summed E-state index contributed by atoms with van der Waals surface area (Å²) in [6.07, 6.45) is 0. The van der Waals surface area contributed by atoms with Crippen LogP contribution in [0.2, 0.25) is 0 Å². The van der Waals surface area contributed by atoms with Crippen LogP contribution in [-0.4, -0.2) is 15.3 Å². The molecule has 0 fully saturated rings. The number of rotatable bonds is 2. The first-order chi connectivity index (χ1) is 10.1. The van der Waals surface area contributed by atoms with Crippen LogP contribution in [0.15, 0.2) is 42.5 Å². The highest BCUT2D eigenvalue weighted by Gasteiger charge is 2.12. The van der Waals surface area contributed by atoms with E-state index in [9.17, 15) is 4.79 Å². The number of aryl methyl sites for hydroxylation is 1. The largest absolute Gasteiger partial charge is 0.383 e. The molecule has 106 valence electrons. The molecule has 0 saturated heterocycles. The summed E-state index contributed by atoms with van der Waals surface area (Å²) in [5.74, 6) is 0.494. The molecular weight excluding hydrogens is 264 g/mol. The Hall–Kier alpha value is -2.82. The van der Waals surface area contributed by atoms with Crippen molar-refractivity contribution in [2.45, 2.75) is 13.8 Å². The van der Waals surface area contributed by atoms with E-state index in [2.05, 4.69) is 10.3 Å². The molecule has 0 radical (unpaired) electrons. The zero-order valence-corrected chi connectivity index (χ0v) is 11.9. The summed E-state index contributed by atoms with van der Waals surface area (Å²) in [6, 6.07) is 13.4. The molecule has 0 aliphatic carbocycles. The summed E-state index contributed by atoms with van der Waals surface area (Å²) >= 11 is 0. The van der Waals surface area contributed by atoms with E-state index in [1.54, 1.807) is 0 Å². The van der Waals surface area contributed by atoms with Crippen molar-refractivity contribution in [1.82, 2.24) is 9.38 Å². The van der Waals surface area contributed by atoms with Gasteiger partial charge in [0.2, 0.25) is 5.91 Å². The molecule has 0 unspecified atom stereocenters. The molecule has 1 amide bonds. The molecule has 5 heteroatoms. The van der Waals surface area contributed by atoms with Gasteiger partial charge in [0.25, 0.3) is 0 Å². The van der Waals surface area contributed by atoms with Crippen molar-refractivity contribution in [2.75, 3.05) is 11.1 Å². The van der Waals surface area contributed by atoms with Gasteiger partial charge in [-0.05, 0) is 31.2 Å². The van der Waals surface area contributed by atoms with E-state index in [0.717, 1.165) is 28.3 Å². The summed E-state index contributed by atoms with van der Waals surface area (Å²) in [5.41, 5.74) is 10.4. The molecule has 0 aliphatic rings. The predicted octanol–water partition coefficient (Wildman–Crippen LogP) is 2.85. The number of pyridine rings is 1. The van der Waals surface area contributed by atoms with Gasteiger partial charge in [-0.15, -0.1) is 0 Å². The lowest BCUT2D eigenvalue weighted by Crippen LogP contribution is -2.05. The smallest absolute Gasteiger partial charge is 0.221 e. The maximum Gasteiger partial charge on any atom is 0.221 e. The third-order valence-electron chi connectivity index (χ3n) is 3.33. The van der Waals surface area contributed by atoms with Gasteiger partial charge in [0, 0.05) is 23.9 Å². The number of carbonyl (C=O) groups excluding carboxylic acids is 1. The van der Waals surface area contributed by atoms with Crippen molar-refractivity contribution < 1.29 is 4.79 Å². The molecule has 3 rings (SSSR count). The Bertz CT molecular complexity index is 835. The van der Waals surface area contributed by atoms with Gasteiger partial charge in [-0.2, -0.15) is 0 Å². The van der Waals surface area contributed by atoms with Gasteiger partial charge >= 0.3 is 0 Å². The van der Waals surface area contributed by atoms with E-state index in [1.807, 2.05) is 53.8 Å². The highest BCUT2D eigenvalue weighted by Crippen LogP contribution is 2.29. The maximum atomic E-state index is 11.2. The Balaban J connectivity index is 2.14. The second-order valence-corrected chi connectivity index (χ2v) is 4.97. The molecular formula is C16H16N4O. The van der Waals surface area contributed by atoms with Crippen LogP contribution in [0.5, 0.6) is 0 Å². The molecule has 0 spiro atoms. The van der Waals surface area contributed by atoms with Crippen LogP contribution in [-0.2, 0) is 4.79 Å². The molecule has 5 nitrogen and oxygen atoms in total. The van der Waals surface area contributed by atoms with Gasteiger partial charge in [-0.1, -0.05) is 18.2 Å². The van der Waals surface area contributed by atoms with E-state index in [-0.39, 0.29) is 5.91 Å². The van der Waals surface area contributed by atoms with Crippen LogP contribution in [0.25, 0.3) is 16.9 Å². The molecule has 2 aromatic heterocycles. The summed E-state index contributed by atoms with van der Waals surface area (Å²) in [7, 11) is 0. The minimum Gasteiger partial charge on any atom is -0.383 e. The first-order valence-corrected chi connectivity index (χ1v) is 6.68. The molecule has 1 aromatic carbocycles. The zero-order chi connectivity index (χ0) is 15.0. The van der Waals surface area contributed by atoms with Crippen molar-refractivity contribution in [2.24, 2.45) is 0 Å². The van der Waals surface area contributed by atoms with E-state index < -0.39 is 0 Å². The van der Waals surface area contributed by atoms with Gasteiger partial charge in [-0.3, -0.25) is 9.20 Å². The van der Waals surface area contributed by atoms with Crippen LogP contribution >= 0.6 is 0 Å². The van der Waals surface area contributed by atoms with E-state index in [0.29, 0.717) is 5.82 Å². The quantitative estimate of drug-likeness (QED) is 0.758. The number of hydrogen-bond acceptors (Lipinski definition) is 3. The lowest BCUT2D eigenvalue weighted by Gasteiger charge is -2.05. The zero-order valence-electron chi connectivity index (χ0n) is 11.9. The van der Waals surface area contributed by atoms with Gasteiger partial charge in [0.15, 0.2) is 0 Å². The Labute approximate surface area is 122 Å². The second kappa shape index (κ2) is 4.94.